The van der Waals surface area contributed by atoms with E-state index < -0.39 is 23.9 Å². The molecule has 162 valence electrons. The fourth-order valence-corrected chi connectivity index (χ4v) is 3.88. The minimum Gasteiger partial charge on any atom is -0.481 e. The van der Waals surface area contributed by atoms with Crippen molar-refractivity contribution < 1.29 is 29.4 Å². The van der Waals surface area contributed by atoms with Gasteiger partial charge in [-0.25, -0.2) is 4.79 Å². The highest BCUT2D eigenvalue weighted by Crippen LogP contribution is 2.29. The molecular weight excluding hydrogens is 398 g/mol. The third kappa shape index (κ3) is 5.78. The van der Waals surface area contributed by atoms with Crippen LogP contribution in [0.5, 0.6) is 0 Å². The molecule has 7 heteroatoms. The van der Waals surface area contributed by atoms with Crippen LogP contribution in [0.3, 0.4) is 0 Å². The molecule has 7 nitrogen and oxygen atoms in total. The number of rotatable bonds is 8. The van der Waals surface area contributed by atoms with Crippen molar-refractivity contribution in [1.29, 1.82) is 0 Å². The van der Waals surface area contributed by atoms with Crippen molar-refractivity contribution in [3.63, 3.8) is 0 Å². The van der Waals surface area contributed by atoms with E-state index in [0.717, 1.165) is 0 Å². The molecular formula is C24H25NO6. The summed E-state index contributed by atoms with van der Waals surface area (Å²) in [5.41, 5.74) is 1.76. The number of carboxylic acids is 2. The average molecular weight is 423 g/mol. The molecule has 0 radical (unpaired) electrons. The number of ketones is 1. The van der Waals surface area contributed by atoms with E-state index in [9.17, 15) is 24.3 Å². The van der Waals surface area contributed by atoms with Crippen molar-refractivity contribution in [3.8, 4) is 0 Å². The van der Waals surface area contributed by atoms with Crippen molar-refractivity contribution >= 4 is 23.6 Å². The lowest BCUT2D eigenvalue weighted by Gasteiger charge is -2.26. The van der Waals surface area contributed by atoms with Gasteiger partial charge in [0.2, 0.25) is 5.91 Å². The lowest BCUT2D eigenvalue weighted by atomic mass is 9.81. The number of carbonyl (C=O) groups is 4. The maximum atomic E-state index is 12.5. The Kier molecular flexibility index (Phi) is 7.18. The van der Waals surface area contributed by atoms with E-state index in [0.29, 0.717) is 42.4 Å². The van der Waals surface area contributed by atoms with Crippen LogP contribution in [0.2, 0.25) is 0 Å². The van der Waals surface area contributed by atoms with Gasteiger partial charge in [-0.15, -0.1) is 0 Å². The Morgan fingerprint density at radius 3 is 1.90 bits per heavy atom. The maximum Gasteiger partial charge on any atom is 0.326 e. The van der Waals surface area contributed by atoms with E-state index in [4.69, 9.17) is 5.11 Å². The molecule has 1 aliphatic carbocycles. The van der Waals surface area contributed by atoms with Crippen LogP contribution in [-0.2, 0) is 20.8 Å². The molecule has 0 bridgehead atoms. The number of carbonyl (C=O) groups excluding carboxylic acids is 2. The van der Waals surface area contributed by atoms with Gasteiger partial charge in [-0.1, -0.05) is 54.6 Å². The molecule has 1 fully saturated rings. The maximum absolute atomic E-state index is 12.5. The lowest BCUT2D eigenvalue weighted by molar-refractivity contribution is -0.144. The lowest BCUT2D eigenvalue weighted by Crippen LogP contribution is -2.45. The molecule has 0 aromatic heterocycles. The van der Waals surface area contributed by atoms with Crippen molar-refractivity contribution in [3.05, 3.63) is 71.3 Å². The van der Waals surface area contributed by atoms with Gasteiger partial charge < -0.3 is 15.5 Å². The summed E-state index contributed by atoms with van der Waals surface area (Å²) in [6.07, 6.45) is 1.80. The SMILES string of the molecule is O=C(c1ccccc1)c1ccc(CC(NC(=O)C2CCC(C(=O)O)CC2)C(=O)O)cc1. The second kappa shape index (κ2) is 10.0. The first-order chi connectivity index (χ1) is 14.8. The van der Waals surface area contributed by atoms with Crippen LogP contribution < -0.4 is 5.32 Å². The molecule has 1 atom stereocenters. The van der Waals surface area contributed by atoms with Crippen LogP contribution in [0.25, 0.3) is 0 Å². The molecule has 2 aromatic carbocycles. The zero-order valence-electron chi connectivity index (χ0n) is 17.0. The summed E-state index contributed by atoms with van der Waals surface area (Å²) in [5, 5.41) is 21.2. The Labute approximate surface area is 180 Å². The number of nitrogens with one attached hydrogen (secondary N) is 1. The van der Waals surface area contributed by atoms with Crippen LogP contribution in [0, 0.1) is 11.8 Å². The third-order valence-corrected chi connectivity index (χ3v) is 5.75. The molecule has 3 rings (SSSR count). The van der Waals surface area contributed by atoms with Crippen molar-refractivity contribution in [2.75, 3.05) is 0 Å². The monoisotopic (exact) mass is 423 g/mol. The molecule has 0 spiro atoms. The van der Waals surface area contributed by atoms with Crippen LogP contribution >= 0.6 is 0 Å². The van der Waals surface area contributed by atoms with Crippen molar-refractivity contribution in [2.24, 2.45) is 11.8 Å². The molecule has 0 saturated heterocycles. The average Bonchev–Trinajstić information content (AvgIpc) is 2.79. The second-order valence-electron chi connectivity index (χ2n) is 7.88. The Bertz CT molecular complexity index is 946. The predicted molar refractivity (Wildman–Crippen MR) is 113 cm³/mol. The fraction of sp³-hybridized carbons (Fsp3) is 0.333. The predicted octanol–water partition coefficient (Wildman–Crippen LogP) is 2.92. The van der Waals surface area contributed by atoms with Gasteiger partial charge in [-0.05, 0) is 31.2 Å². The molecule has 3 N–H and O–H groups in total. The Morgan fingerprint density at radius 1 is 0.806 bits per heavy atom. The standard InChI is InChI=1S/C24H25NO6/c26-21(16-4-2-1-3-5-16)17-8-6-15(7-9-17)14-20(24(30)31)25-22(27)18-10-12-19(13-11-18)23(28)29/h1-9,18-20H,10-14H2,(H,25,27)(H,28,29)(H,30,31). The van der Waals surface area contributed by atoms with Gasteiger partial charge in [0, 0.05) is 23.5 Å². The number of amides is 1. The summed E-state index contributed by atoms with van der Waals surface area (Å²) in [6.45, 7) is 0. The van der Waals surface area contributed by atoms with Crippen molar-refractivity contribution in [1.82, 2.24) is 5.32 Å². The second-order valence-corrected chi connectivity index (χ2v) is 7.88. The zero-order chi connectivity index (χ0) is 22.4. The number of carboxylic acid groups (broad SMARTS) is 2. The summed E-state index contributed by atoms with van der Waals surface area (Å²) in [5.74, 6) is -3.27. The molecule has 2 aromatic rings. The smallest absolute Gasteiger partial charge is 0.326 e. The van der Waals surface area contributed by atoms with Crippen LogP contribution in [-0.4, -0.2) is 39.9 Å². The van der Waals surface area contributed by atoms with Crippen molar-refractivity contribution in [2.45, 2.75) is 38.1 Å². The molecule has 31 heavy (non-hydrogen) atoms. The first kappa shape index (κ1) is 22.2. The van der Waals surface area contributed by atoms with Gasteiger partial charge in [0.05, 0.1) is 5.92 Å². The largest absolute Gasteiger partial charge is 0.481 e. The Balaban J connectivity index is 1.60. The minimum atomic E-state index is -1.14. The van der Waals surface area contributed by atoms with Gasteiger partial charge >= 0.3 is 11.9 Å². The van der Waals surface area contributed by atoms with Gasteiger partial charge in [0.25, 0.3) is 0 Å². The van der Waals surface area contributed by atoms with Gasteiger partial charge in [-0.3, -0.25) is 14.4 Å². The first-order valence-electron chi connectivity index (χ1n) is 10.3. The topological polar surface area (TPSA) is 121 Å². The highest BCUT2D eigenvalue weighted by molar-refractivity contribution is 6.08. The number of aliphatic carboxylic acids is 2. The van der Waals surface area contributed by atoms with Crippen LogP contribution in [0.4, 0.5) is 0 Å². The highest BCUT2D eigenvalue weighted by Gasteiger charge is 2.31. The Hall–Kier alpha value is -3.48. The van der Waals surface area contributed by atoms with Crippen LogP contribution in [0.1, 0.15) is 47.2 Å². The summed E-state index contributed by atoms with van der Waals surface area (Å²) >= 11 is 0. The number of benzene rings is 2. The van der Waals surface area contributed by atoms with E-state index in [2.05, 4.69) is 5.32 Å². The molecule has 1 saturated carbocycles. The zero-order valence-corrected chi connectivity index (χ0v) is 17.0. The van der Waals surface area contributed by atoms with E-state index in [1.54, 1.807) is 48.5 Å². The number of hydrogen-bond donors (Lipinski definition) is 3. The van der Waals surface area contributed by atoms with E-state index >= 15 is 0 Å². The first-order valence-corrected chi connectivity index (χ1v) is 10.3. The summed E-state index contributed by atoms with van der Waals surface area (Å²) in [4.78, 5) is 47.7. The molecule has 0 heterocycles. The summed E-state index contributed by atoms with van der Waals surface area (Å²) < 4.78 is 0. The van der Waals surface area contributed by atoms with E-state index in [1.807, 2.05) is 6.07 Å². The fourth-order valence-electron chi connectivity index (χ4n) is 3.88. The van der Waals surface area contributed by atoms with E-state index in [1.165, 1.54) is 0 Å². The summed E-state index contributed by atoms with van der Waals surface area (Å²) in [6, 6.07) is 14.5. The molecule has 0 aliphatic heterocycles. The van der Waals surface area contributed by atoms with Gasteiger partial charge in [-0.2, -0.15) is 0 Å². The minimum absolute atomic E-state index is 0.0886. The summed E-state index contributed by atoms with van der Waals surface area (Å²) in [7, 11) is 0. The van der Waals surface area contributed by atoms with E-state index in [-0.39, 0.29) is 24.0 Å². The highest BCUT2D eigenvalue weighted by atomic mass is 16.4. The van der Waals surface area contributed by atoms with Crippen LogP contribution in [0.15, 0.2) is 54.6 Å². The molecule has 1 aliphatic rings. The van der Waals surface area contributed by atoms with Gasteiger partial charge in [0.15, 0.2) is 5.78 Å². The number of hydrogen-bond acceptors (Lipinski definition) is 4. The third-order valence-electron chi connectivity index (χ3n) is 5.75. The quantitative estimate of drug-likeness (QED) is 0.562. The molecule has 1 unspecified atom stereocenters. The molecule has 1 amide bonds. The normalized spacial score (nSPS) is 19.2. The Morgan fingerprint density at radius 2 is 1.35 bits per heavy atom. The van der Waals surface area contributed by atoms with Gasteiger partial charge in [0.1, 0.15) is 6.04 Å².